The Morgan fingerprint density at radius 1 is 1.38 bits per heavy atom. The van der Waals surface area contributed by atoms with Crippen molar-refractivity contribution < 1.29 is 14.3 Å². The molecule has 1 heterocycles. The summed E-state index contributed by atoms with van der Waals surface area (Å²) in [5.74, 6) is -0.549. The first-order valence-electron chi connectivity index (χ1n) is 9.46. The van der Waals surface area contributed by atoms with Crippen LogP contribution in [0.5, 0.6) is 0 Å². The summed E-state index contributed by atoms with van der Waals surface area (Å²) >= 11 is 7.32. The lowest BCUT2D eigenvalue weighted by atomic mass is 9.72. The first-order chi connectivity index (χ1) is 13.7. The van der Waals surface area contributed by atoms with Crippen molar-refractivity contribution in [3.05, 3.63) is 50.9 Å². The molecule has 7 heteroatoms. The smallest absolute Gasteiger partial charge is 0.338 e. The number of hydrogen-bond acceptors (Lipinski definition) is 5. The summed E-state index contributed by atoms with van der Waals surface area (Å²) in [5, 5.41) is 13.3. The molecule has 1 aromatic heterocycles. The fraction of sp³-hybridized carbons (Fsp3) is 0.409. The third-order valence-electron chi connectivity index (χ3n) is 5.25. The highest BCUT2D eigenvalue weighted by Crippen LogP contribution is 2.43. The van der Waals surface area contributed by atoms with Gasteiger partial charge in [0.1, 0.15) is 11.1 Å². The summed E-state index contributed by atoms with van der Waals surface area (Å²) in [6.07, 6.45) is 2.79. The molecule has 1 aliphatic rings. The Kier molecular flexibility index (Phi) is 6.30. The molecule has 0 bridgehead atoms. The first-order valence-corrected chi connectivity index (χ1v) is 10.7. The molecule has 2 aromatic rings. The highest BCUT2D eigenvalue weighted by atomic mass is 35.5. The lowest BCUT2D eigenvalue weighted by Crippen LogP contribution is -2.26. The minimum Gasteiger partial charge on any atom is -0.452 e. The maximum absolute atomic E-state index is 12.3. The van der Waals surface area contributed by atoms with E-state index in [-0.39, 0.29) is 11.0 Å². The van der Waals surface area contributed by atoms with Crippen LogP contribution in [0.25, 0.3) is 0 Å². The third kappa shape index (κ3) is 4.98. The van der Waals surface area contributed by atoms with Gasteiger partial charge in [0.15, 0.2) is 6.61 Å². The number of ether oxygens (including phenoxy) is 1. The number of thiophene rings is 1. The Labute approximate surface area is 179 Å². The van der Waals surface area contributed by atoms with E-state index in [9.17, 15) is 14.9 Å². The molecule has 1 aromatic carbocycles. The van der Waals surface area contributed by atoms with Gasteiger partial charge in [0.2, 0.25) is 0 Å². The number of hydrogen-bond donors (Lipinski definition) is 1. The van der Waals surface area contributed by atoms with Crippen LogP contribution in [0.2, 0.25) is 5.02 Å². The van der Waals surface area contributed by atoms with Crippen LogP contribution in [0.15, 0.2) is 24.3 Å². The van der Waals surface area contributed by atoms with E-state index in [0.29, 0.717) is 21.5 Å². The largest absolute Gasteiger partial charge is 0.452 e. The first kappa shape index (κ1) is 21.4. The maximum Gasteiger partial charge on any atom is 0.338 e. The molecule has 5 nitrogen and oxygen atoms in total. The van der Waals surface area contributed by atoms with Crippen LogP contribution in [0.4, 0.5) is 5.00 Å². The van der Waals surface area contributed by atoms with Crippen molar-refractivity contribution in [2.45, 2.75) is 40.0 Å². The number of nitrogens with one attached hydrogen (secondary N) is 1. The van der Waals surface area contributed by atoms with Crippen molar-refractivity contribution in [3.63, 3.8) is 0 Å². The van der Waals surface area contributed by atoms with Crippen molar-refractivity contribution in [1.29, 1.82) is 5.26 Å². The number of nitrogens with zero attached hydrogens (tertiary/aromatic N) is 1. The van der Waals surface area contributed by atoms with Crippen LogP contribution in [-0.4, -0.2) is 18.5 Å². The average Bonchev–Trinajstić information content (AvgIpc) is 3.01. The van der Waals surface area contributed by atoms with Crippen molar-refractivity contribution in [1.82, 2.24) is 0 Å². The summed E-state index contributed by atoms with van der Waals surface area (Å²) in [4.78, 5) is 25.5. The second-order valence-electron chi connectivity index (χ2n) is 8.26. The van der Waals surface area contributed by atoms with Gasteiger partial charge in [0, 0.05) is 9.90 Å². The summed E-state index contributed by atoms with van der Waals surface area (Å²) in [7, 11) is 0. The monoisotopic (exact) mass is 430 g/mol. The molecule has 152 valence electrons. The van der Waals surface area contributed by atoms with E-state index in [1.165, 1.54) is 22.3 Å². The normalized spacial score (nSPS) is 15.9. The topological polar surface area (TPSA) is 79.2 Å². The zero-order chi connectivity index (χ0) is 21.2. The number of benzene rings is 1. The Balaban J connectivity index is 1.66. The molecule has 0 radical (unpaired) electrons. The number of nitriles is 1. The number of carbonyl (C=O) groups is 2. The molecule has 0 saturated heterocycles. The van der Waals surface area contributed by atoms with Gasteiger partial charge < -0.3 is 10.1 Å². The minimum absolute atomic E-state index is 0.201. The van der Waals surface area contributed by atoms with Gasteiger partial charge in [-0.15, -0.1) is 11.3 Å². The molecule has 0 spiro atoms. The standard InChI is InChI=1S/C22H23ClN2O3S/c1-22(2,3)14-7-8-16-17(11-24)20(29-18(16)10-14)25-19(26)12-28-21(27)13-5-4-6-15(23)9-13/h4-6,9,14H,7-8,10,12H2,1-3H3,(H,25,26). The number of carbonyl (C=O) groups excluding carboxylic acids is 2. The number of fused-ring (bicyclic) bond motifs is 1. The summed E-state index contributed by atoms with van der Waals surface area (Å²) in [5.41, 5.74) is 2.06. The Morgan fingerprint density at radius 3 is 2.79 bits per heavy atom. The van der Waals surface area contributed by atoms with Crippen LogP contribution in [0.3, 0.4) is 0 Å². The lowest BCUT2D eigenvalue weighted by Gasteiger charge is -2.33. The average molecular weight is 431 g/mol. The molecule has 0 aliphatic heterocycles. The van der Waals surface area contributed by atoms with Crippen LogP contribution < -0.4 is 5.32 Å². The zero-order valence-corrected chi connectivity index (χ0v) is 18.2. The summed E-state index contributed by atoms with van der Waals surface area (Å²) in [6.45, 7) is 6.28. The van der Waals surface area contributed by atoms with Gasteiger partial charge in [-0.1, -0.05) is 38.4 Å². The van der Waals surface area contributed by atoms with Gasteiger partial charge in [0.05, 0.1) is 11.1 Å². The van der Waals surface area contributed by atoms with Gasteiger partial charge in [-0.2, -0.15) is 5.26 Å². The molecule has 1 N–H and O–H groups in total. The van der Waals surface area contributed by atoms with E-state index in [1.807, 2.05) is 0 Å². The molecule has 1 unspecified atom stereocenters. The van der Waals surface area contributed by atoms with Gasteiger partial charge in [-0.3, -0.25) is 4.79 Å². The SMILES string of the molecule is CC(C)(C)C1CCc2c(sc(NC(=O)COC(=O)c3cccc(Cl)c3)c2C#N)C1. The number of esters is 1. The molecule has 1 aliphatic carbocycles. The molecule has 0 fully saturated rings. The molecule has 1 atom stereocenters. The summed E-state index contributed by atoms with van der Waals surface area (Å²) < 4.78 is 5.07. The van der Waals surface area contributed by atoms with Crippen LogP contribution in [0.1, 0.15) is 53.6 Å². The van der Waals surface area contributed by atoms with Gasteiger partial charge >= 0.3 is 5.97 Å². The lowest BCUT2D eigenvalue weighted by molar-refractivity contribution is -0.119. The van der Waals surface area contributed by atoms with Gasteiger partial charge in [-0.05, 0) is 54.4 Å². The number of halogens is 1. The van der Waals surface area contributed by atoms with Crippen molar-refractivity contribution in [3.8, 4) is 6.07 Å². The molecular weight excluding hydrogens is 408 g/mol. The van der Waals surface area contributed by atoms with Crippen LogP contribution >= 0.6 is 22.9 Å². The molecule has 1 amide bonds. The predicted octanol–water partition coefficient (Wildman–Crippen LogP) is 5.22. The van der Waals surface area contributed by atoms with E-state index in [0.717, 1.165) is 24.8 Å². The highest BCUT2D eigenvalue weighted by Gasteiger charge is 2.32. The summed E-state index contributed by atoms with van der Waals surface area (Å²) in [6, 6.07) is 8.57. The highest BCUT2D eigenvalue weighted by molar-refractivity contribution is 7.16. The Hall–Kier alpha value is -2.36. The van der Waals surface area contributed by atoms with E-state index in [2.05, 4.69) is 32.2 Å². The van der Waals surface area contributed by atoms with Crippen LogP contribution in [0, 0.1) is 22.7 Å². The van der Waals surface area contributed by atoms with Gasteiger partial charge in [-0.25, -0.2) is 4.79 Å². The number of rotatable bonds is 4. The zero-order valence-electron chi connectivity index (χ0n) is 16.7. The second-order valence-corrected chi connectivity index (χ2v) is 9.80. The van der Waals surface area contributed by atoms with E-state index in [4.69, 9.17) is 16.3 Å². The van der Waals surface area contributed by atoms with Gasteiger partial charge in [0.25, 0.3) is 5.91 Å². The fourth-order valence-corrected chi connectivity index (χ4v) is 5.01. The second kappa shape index (κ2) is 8.56. The molecular formula is C22H23ClN2O3S. The fourth-order valence-electron chi connectivity index (χ4n) is 3.52. The van der Waals surface area contributed by atoms with Crippen molar-refractivity contribution >= 4 is 39.8 Å². The Bertz CT molecular complexity index is 985. The molecule has 3 rings (SSSR count). The third-order valence-corrected chi connectivity index (χ3v) is 6.65. The minimum atomic E-state index is -0.623. The molecule has 0 saturated carbocycles. The Morgan fingerprint density at radius 2 is 2.14 bits per heavy atom. The number of anilines is 1. The molecule has 29 heavy (non-hydrogen) atoms. The van der Waals surface area contributed by atoms with E-state index in [1.54, 1.807) is 18.2 Å². The van der Waals surface area contributed by atoms with Crippen molar-refractivity contribution in [2.24, 2.45) is 11.3 Å². The quantitative estimate of drug-likeness (QED) is 0.674. The van der Waals surface area contributed by atoms with E-state index < -0.39 is 18.5 Å². The maximum atomic E-state index is 12.3. The predicted molar refractivity (Wildman–Crippen MR) is 114 cm³/mol. The van der Waals surface area contributed by atoms with Crippen molar-refractivity contribution in [2.75, 3.05) is 11.9 Å². The number of amides is 1. The van der Waals surface area contributed by atoms with E-state index >= 15 is 0 Å². The van der Waals surface area contributed by atoms with Crippen LogP contribution in [-0.2, 0) is 22.4 Å².